The van der Waals surface area contributed by atoms with E-state index in [1.807, 2.05) is 26.0 Å². The number of nitriles is 1. The zero-order chi connectivity index (χ0) is 17.7. The average Bonchev–Trinajstić information content (AvgIpc) is 2.55. The molecule has 0 spiro atoms. The zero-order valence-corrected chi connectivity index (χ0v) is 14.6. The Balaban J connectivity index is 2.57. The summed E-state index contributed by atoms with van der Waals surface area (Å²) in [6.07, 6.45) is 1.75. The summed E-state index contributed by atoms with van der Waals surface area (Å²) < 4.78 is 19.7. The molecule has 0 amide bonds. The first-order valence-corrected chi connectivity index (χ1v) is 8.12. The van der Waals surface area contributed by atoms with Gasteiger partial charge in [-0.3, -0.25) is 0 Å². The Kier molecular flexibility index (Phi) is 5.76. The molecule has 0 aromatic heterocycles. The van der Waals surface area contributed by atoms with E-state index in [0.717, 1.165) is 22.4 Å². The van der Waals surface area contributed by atoms with Crippen molar-refractivity contribution in [2.75, 3.05) is 6.61 Å². The third-order valence-corrected chi connectivity index (χ3v) is 3.90. The number of ether oxygens (including phenoxy) is 1. The summed E-state index contributed by atoms with van der Waals surface area (Å²) in [5, 5.41) is 9.46. The quantitative estimate of drug-likeness (QED) is 0.521. The van der Waals surface area contributed by atoms with E-state index < -0.39 is 5.82 Å². The molecule has 0 fully saturated rings. The van der Waals surface area contributed by atoms with Gasteiger partial charge in [0.2, 0.25) is 0 Å². The number of hydrogen-bond donors (Lipinski definition) is 0. The van der Waals surface area contributed by atoms with Gasteiger partial charge < -0.3 is 4.74 Å². The van der Waals surface area contributed by atoms with E-state index in [1.54, 1.807) is 24.3 Å². The van der Waals surface area contributed by atoms with E-state index in [0.29, 0.717) is 23.7 Å². The normalized spacial score (nSPS) is 11.5. The van der Waals surface area contributed by atoms with Gasteiger partial charge in [-0.1, -0.05) is 32.0 Å². The summed E-state index contributed by atoms with van der Waals surface area (Å²) in [7, 11) is 0. The van der Waals surface area contributed by atoms with E-state index in [9.17, 15) is 9.65 Å². The number of aryl methyl sites for hydroxylation is 1. The summed E-state index contributed by atoms with van der Waals surface area (Å²) in [5.41, 5.74) is 3.61. The van der Waals surface area contributed by atoms with Gasteiger partial charge in [-0.25, -0.2) is 4.39 Å². The third-order valence-electron chi connectivity index (χ3n) is 3.90. The molecule has 0 bridgehead atoms. The van der Waals surface area contributed by atoms with E-state index in [2.05, 4.69) is 19.9 Å². The molecule has 0 unspecified atom stereocenters. The van der Waals surface area contributed by atoms with Crippen LogP contribution in [0.1, 0.15) is 48.9 Å². The maximum atomic E-state index is 14.0. The molecule has 24 heavy (non-hydrogen) atoms. The van der Waals surface area contributed by atoms with E-state index in [1.165, 1.54) is 6.07 Å². The topological polar surface area (TPSA) is 33.0 Å². The Labute approximate surface area is 143 Å². The lowest BCUT2D eigenvalue weighted by atomic mass is 9.94. The zero-order valence-electron chi connectivity index (χ0n) is 14.6. The van der Waals surface area contributed by atoms with Crippen molar-refractivity contribution in [3.05, 3.63) is 64.5 Å². The van der Waals surface area contributed by atoms with Gasteiger partial charge in [-0.15, -0.1) is 0 Å². The molecule has 2 aromatic carbocycles. The molecule has 3 heteroatoms. The molecule has 0 heterocycles. The van der Waals surface area contributed by atoms with Gasteiger partial charge in [0.15, 0.2) is 0 Å². The van der Waals surface area contributed by atoms with Gasteiger partial charge in [0, 0.05) is 5.56 Å². The largest absolute Gasteiger partial charge is 0.494 e. The Morgan fingerprint density at radius 1 is 1.29 bits per heavy atom. The van der Waals surface area contributed by atoms with E-state index in [4.69, 9.17) is 4.74 Å². The van der Waals surface area contributed by atoms with Crippen LogP contribution in [0.2, 0.25) is 0 Å². The highest BCUT2D eigenvalue weighted by atomic mass is 19.1. The van der Waals surface area contributed by atoms with Crippen molar-refractivity contribution in [2.45, 2.75) is 33.6 Å². The molecule has 2 rings (SSSR count). The lowest BCUT2D eigenvalue weighted by molar-refractivity contribution is 0.335. The van der Waals surface area contributed by atoms with Crippen molar-refractivity contribution in [3.63, 3.8) is 0 Å². The second kappa shape index (κ2) is 7.79. The maximum Gasteiger partial charge on any atom is 0.131 e. The molecule has 2 nitrogen and oxygen atoms in total. The molecule has 0 aliphatic carbocycles. The van der Waals surface area contributed by atoms with Crippen molar-refractivity contribution in [3.8, 4) is 11.8 Å². The highest BCUT2D eigenvalue weighted by molar-refractivity contribution is 5.90. The summed E-state index contributed by atoms with van der Waals surface area (Å²) in [4.78, 5) is 0. The predicted octanol–water partition coefficient (Wildman–Crippen LogP) is 5.72. The minimum absolute atomic E-state index is 0.290. The monoisotopic (exact) mass is 323 g/mol. The number of hydrogen-bond acceptors (Lipinski definition) is 2. The molecule has 0 aliphatic heterocycles. The van der Waals surface area contributed by atoms with Crippen molar-refractivity contribution in [2.24, 2.45) is 0 Å². The minimum Gasteiger partial charge on any atom is -0.494 e. The van der Waals surface area contributed by atoms with Crippen LogP contribution in [0, 0.1) is 24.1 Å². The number of nitrogens with zero attached hydrogens (tertiary/aromatic N) is 1. The van der Waals surface area contributed by atoms with Gasteiger partial charge in [0.25, 0.3) is 0 Å². The highest BCUT2D eigenvalue weighted by Crippen LogP contribution is 2.32. The molecule has 0 atom stereocenters. The van der Waals surface area contributed by atoms with Crippen LogP contribution in [0.15, 0.2) is 36.4 Å². The van der Waals surface area contributed by atoms with Crippen molar-refractivity contribution >= 4 is 11.6 Å². The summed E-state index contributed by atoms with van der Waals surface area (Å²) >= 11 is 0. The summed E-state index contributed by atoms with van der Waals surface area (Å²) in [6, 6.07) is 12.5. The van der Waals surface area contributed by atoms with Crippen LogP contribution >= 0.6 is 0 Å². The van der Waals surface area contributed by atoms with Gasteiger partial charge in [0.05, 0.1) is 18.2 Å². The van der Waals surface area contributed by atoms with Crippen LogP contribution in [0.5, 0.6) is 5.75 Å². The molecular weight excluding hydrogens is 301 g/mol. The van der Waals surface area contributed by atoms with E-state index in [-0.39, 0.29) is 0 Å². The standard InChI is InChI=1S/C21H22FNO/c1-5-24-21-10-15(4)16(12-19(21)14(2)3)11-17(13-23)18-8-6-7-9-20(18)22/h6-12,14H,5H2,1-4H3/b17-11-. The SMILES string of the molecule is CCOc1cc(C)c(/C=C(/C#N)c2ccccc2F)cc1C(C)C. The maximum absolute atomic E-state index is 14.0. The Bertz CT molecular complexity index is 800. The molecular formula is C21H22FNO. The van der Waals surface area contributed by atoms with E-state index >= 15 is 0 Å². The van der Waals surface area contributed by atoms with Crippen LogP contribution in [0.4, 0.5) is 4.39 Å². The second-order valence-electron chi connectivity index (χ2n) is 5.98. The molecule has 124 valence electrons. The van der Waals surface area contributed by atoms with Crippen LogP contribution in [0.3, 0.4) is 0 Å². The van der Waals surface area contributed by atoms with Crippen LogP contribution in [-0.2, 0) is 0 Å². The number of allylic oxidation sites excluding steroid dienone is 1. The minimum atomic E-state index is -0.391. The number of rotatable bonds is 5. The van der Waals surface area contributed by atoms with Crippen LogP contribution < -0.4 is 4.74 Å². The van der Waals surface area contributed by atoms with Gasteiger partial charge in [-0.05, 0) is 60.7 Å². The Morgan fingerprint density at radius 3 is 2.58 bits per heavy atom. The first-order valence-electron chi connectivity index (χ1n) is 8.12. The Hall–Kier alpha value is -2.60. The average molecular weight is 323 g/mol. The first kappa shape index (κ1) is 17.7. The van der Waals surface area contributed by atoms with Crippen molar-refractivity contribution < 1.29 is 9.13 Å². The molecule has 2 aromatic rings. The molecule has 0 saturated carbocycles. The molecule has 0 N–H and O–H groups in total. The Morgan fingerprint density at radius 2 is 2.00 bits per heavy atom. The van der Waals surface area contributed by atoms with Crippen molar-refractivity contribution in [1.29, 1.82) is 5.26 Å². The lowest BCUT2D eigenvalue weighted by Crippen LogP contribution is -2.00. The second-order valence-corrected chi connectivity index (χ2v) is 5.98. The molecule has 0 saturated heterocycles. The fraction of sp³-hybridized carbons (Fsp3) is 0.286. The number of benzene rings is 2. The highest BCUT2D eigenvalue weighted by Gasteiger charge is 2.13. The first-order chi connectivity index (χ1) is 11.5. The fourth-order valence-electron chi connectivity index (χ4n) is 2.61. The third kappa shape index (κ3) is 3.83. The molecule has 0 aliphatic rings. The summed E-state index contributed by atoms with van der Waals surface area (Å²) in [6.45, 7) is 8.73. The van der Waals surface area contributed by atoms with Crippen LogP contribution in [0.25, 0.3) is 11.6 Å². The smallest absolute Gasteiger partial charge is 0.131 e. The van der Waals surface area contributed by atoms with Crippen LogP contribution in [-0.4, -0.2) is 6.61 Å². The van der Waals surface area contributed by atoms with Gasteiger partial charge in [-0.2, -0.15) is 5.26 Å². The van der Waals surface area contributed by atoms with Crippen molar-refractivity contribution in [1.82, 2.24) is 0 Å². The lowest BCUT2D eigenvalue weighted by Gasteiger charge is -2.16. The molecule has 0 radical (unpaired) electrons. The number of halogens is 1. The van der Waals surface area contributed by atoms with Gasteiger partial charge >= 0.3 is 0 Å². The predicted molar refractivity (Wildman–Crippen MR) is 96.3 cm³/mol. The summed E-state index contributed by atoms with van der Waals surface area (Å²) in [5.74, 6) is 0.766. The van der Waals surface area contributed by atoms with Gasteiger partial charge in [0.1, 0.15) is 11.6 Å². The fourth-order valence-corrected chi connectivity index (χ4v) is 2.61.